The second-order valence-corrected chi connectivity index (χ2v) is 11.2. The van der Waals surface area contributed by atoms with Crippen LogP contribution in [0.25, 0.3) is 11.8 Å². The number of esters is 2. The molecule has 0 bridgehead atoms. The largest absolute Gasteiger partial charge is 0.493 e. The van der Waals surface area contributed by atoms with Gasteiger partial charge in [-0.05, 0) is 25.7 Å². The molecule has 0 fully saturated rings. The molecule has 21 nitrogen and oxygen atoms in total. The van der Waals surface area contributed by atoms with Crippen LogP contribution in [0.3, 0.4) is 0 Å². The van der Waals surface area contributed by atoms with E-state index in [1.165, 1.54) is 51.4 Å². The van der Waals surface area contributed by atoms with Crippen molar-refractivity contribution in [3.63, 3.8) is 0 Å². The predicted molar refractivity (Wildman–Crippen MR) is 181 cm³/mol. The molecule has 0 aliphatic rings. The van der Waals surface area contributed by atoms with Crippen LogP contribution in [-0.2, 0) is 36.4 Å². The minimum atomic E-state index is -0.629. The number of ether oxygens (including phenoxy) is 2. The van der Waals surface area contributed by atoms with Crippen molar-refractivity contribution in [3.05, 3.63) is 41.0 Å². The van der Waals surface area contributed by atoms with E-state index in [0.717, 1.165) is 25.7 Å². The molecule has 0 aliphatic carbocycles. The third-order valence-electron chi connectivity index (χ3n) is 7.67. The van der Waals surface area contributed by atoms with E-state index in [0.29, 0.717) is 24.2 Å². The molecule has 5 N–H and O–H groups in total. The van der Waals surface area contributed by atoms with E-state index >= 15 is 0 Å². The number of unbranched alkanes of at least 4 members (excludes halogenated alkanes) is 2. The van der Waals surface area contributed by atoms with Gasteiger partial charge in [0.15, 0.2) is 40.5 Å². The Balaban J connectivity index is 1.58. The van der Waals surface area contributed by atoms with Crippen molar-refractivity contribution in [1.82, 2.24) is 49.1 Å². The van der Waals surface area contributed by atoms with E-state index < -0.39 is 17.8 Å². The van der Waals surface area contributed by atoms with Gasteiger partial charge in [0.05, 0.1) is 38.0 Å². The quantitative estimate of drug-likeness (QED) is 0.108. The molecular formula is C30H38N16O5. The number of nitrogens with two attached hydrogens (primary N) is 2. The first-order valence-corrected chi connectivity index (χ1v) is 15.9. The Morgan fingerprint density at radius 2 is 1.24 bits per heavy atom. The summed E-state index contributed by atoms with van der Waals surface area (Å²) in [6.07, 6.45) is 6.87. The van der Waals surface area contributed by atoms with Gasteiger partial charge in [-0.15, -0.1) is 20.5 Å². The second kappa shape index (κ2) is 15.3. The van der Waals surface area contributed by atoms with Gasteiger partial charge in [-0.3, -0.25) is 0 Å². The standard InChI is InChI=1S/C30H38N16O5/c1-7-9-11-18-22(37-39-26-16(28(48)50-5)14-33-43(26)3)24(31)45(41-18)20-13-21(47)36-30(35-20)46-25(32)23(19(42-46)12-10-8-2)38-40-27-17(29(49)51-6)15-34-44(27)4/h13-15H,7-12,31-32H2,1-6H3,(H,35,36,47)/b39-37+,40-38+. The predicted octanol–water partition coefficient (Wildman–Crippen LogP) is 4.27. The number of hydrogen-bond donors (Lipinski definition) is 3. The average Bonchev–Trinajstić information content (AvgIpc) is 3.86. The van der Waals surface area contributed by atoms with Gasteiger partial charge in [-0.2, -0.15) is 39.7 Å². The van der Waals surface area contributed by atoms with Gasteiger partial charge < -0.3 is 26.0 Å². The maximum Gasteiger partial charge on any atom is 0.343 e. The number of methoxy groups -OCH3 is 2. The molecule has 0 radical (unpaired) electrons. The monoisotopic (exact) mass is 702 g/mol. The summed E-state index contributed by atoms with van der Waals surface area (Å²) in [7, 11) is 5.72. The van der Waals surface area contributed by atoms with E-state index in [-0.39, 0.29) is 57.5 Å². The zero-order valence-electron chi connectivity index (χ0n) is 29.0. The summed E-state index contributed by atoms with van der Waals surface area (Å²) < 4.78 is 14.9. The Hall–Kier alpha value is -6.54. The fourth-order valence-electron chi connectivity index (χ4n) is 4.93. The molecule has 0 atom stereocenters. The first-order chi connectivity index (χ1) is 24.5. The molecule has 0 saturated carbocycles. The van der Waals surface area contributed by atoms with Gasteiger partial charge in [0.2, 0.25) is 5.88 Å². The third kappa shape index (κ3) is 7.26. The van der Waals surface area contributed by atoms with E-state index in [2.05, 4.69) is 50.8 Å². The summed E-state index contributed by atoms with van der Waals surface area (Å²) in [6, 6.07) is 1.27. The number of carbonyl (C=O) groups is 2. The summed E-state index contributed by atoms with van der Waals surface area (Å²) >= 11 is 0. The van der Waals surface area contributed by atoms with Gasteiger partial charge in [0, 0.05) is 20.2 Å². The van der Waals surface area contributed by atoms with Crippen LogP contribution in [0.5, 0.6) is 5.88 Å². The first kappa shape index (κ1) is 35.8. The molecule has 5 heterocycles. The van der Waals surface area contributed by atoms with Crippen molar-refractivity contribution < 1.29 is 24.2 Å². The summed E-state index contributed by atoms with van der Waals surface area (Å²) in [6.45, 7) is 4.05. The van der Waals surface area contributed by atoms with Crippen LogP contribution in [-0.4, -0.2) is 80.4 Å². The molecule has 21 heteroatoms. The van der Waals surface area contributed by atoms with E-state index in [1.54, 1.807) is 14.1 Å². The number of carbonyl (C=O) groups excluding carboxylic acids is 2. The van der Waals surface area contributed by atoms with Crippen molar-refractivity contribution in [2.24, 2.45) is 34.6 Å². The van der Waals surface area contributed by atoms with Crippen molar-refractivity contribution in [2.45, 2.75) is 52.4 Å². The lowest BCUT2D eigenvalue weighted by atomic mass is 10.2. The number of nitrogens with zero attached hydrogens (tertiary/aromatic N) is 14. The van der Waals surface area contributed by atoms with E-state index in [4.69, 9.17) is 20.9 Å². The van der Waals surface area contributed by atoms with Gasteiger partial charge in [0.25, 0.3) is 5.95 Å². The second-order valence-electron chi connectivity index (χ2n) is 11.2. The van der Waals surface area contributed by atoms with Crippen LogP contribution in [0.2, 0.25) is 0 Å². The number of aromatic hydroxyl groups is 1. The Morgan fingerprint density at radius 1 is 0.765 bits per heavy atom. The third-order valence-corrected chi connectivity index (χ3v) is 7.67. The van der Waals surface area contributed by atoms with E-state index in [1.807, 2.05) is 13.8 Å². The van der Waals surface area contributed by atoms with Crippen LogP contribution in [0.1, 0.15) is 71.6 Å². The number of hydrogen-bond acceptors (Lipinski definition) is 17. The highest BCUT2D eigenvalue weighted by Crippen LogP contribution is 2.35. The summed E-state index contributed by atoms with van der Waals surface area (Å²) in [5.74, 6) is -1.33. The van der Waals surface area contributed by atoms with Gasteiger partial charge >= 0.3 is 11.9 Å². The molecule has 0 amide bonds. The number of rotatable bonds is 14. The maximum absolute atomic E-state index is 12.3. The Kier molecular flexibility index (Phi) is 10.8. The minimum Gasteiger partial charge on any atom is -0.493 e. The van der Waals surface area contributed by atoms with Gasteiger partial charge in [-0.25, -0.2) is 19.0 Å². The normalized spacial score (nSPS) is 11.6. The highest BCUT2D eigenvalue weighted by molar-refractivity contribution is 5.94. The number of nitrogen functional groups attached to an aromatic ring is 2. The lowest BCUT2D eigenvalue weighted by Gasteiger charge is -2.07. The molecule has 0 saturated heterocycles. The summed E-state index contributed by atoms with van der Waals surface area (Å²) in [5.41, 5.74) is 14.8. The highest BCUT2D eigenvalue weighted by Gasteiger charge is 2.24. The number of anilines is 2. The maximum atomic E-state index is 12.3. The Morgan fingerprint density at radius 3 is 1.71 bits per heavy atom. The van der Waals surface area contributed by atoms with Crippen LogP contribution >= 0.6 is 0 Å². The van der Waals surface area contributed by atoms with Crippen molar-refractivity contribution in [3.8, 4) is 17.6 Å². The molecular weight excluding hydrogens is 664 g/mol. The van der Waals surface area contributed by atoms with Crippen molar-refractivity contribution in [2.75, 3.05) is 25.7 Å². The topological polar surface area (TPSA) is 271 Å². The molecule has 51 heavy (non-hydrogen) atoms. The molecule has 5 rings (SSSR count). The van der Waals surface area contributed by atoms with Crippen LogP contribution in [0.4, 0.5) is 34.6 Å². The van der Waals surface area contributed by atoms with Crippen LogP contribution in [0, 0.1) is 0 Å². The molecule has 0 aromatic carbocycles. The lowest BCUT2D eigenvalue weighted by Crippen LogP contribution is -2.11. The Bertz CT molecular complexity index is 1980. The zero-order chi connectivity index (χ0) is 36.8. The van der Waals surface area contributed by atoms with Crippen molar-refractivity contribution in [1.29, 1.82) is 0 Å². The average molecular weight is 703 g/mol. The Labute approximate surface area is 291 Å². The lowest BCUT2D eigenvalue weighted by molar-refractivity contribution is 0.0592. The van der Waals surface area contributed by atoms with Crippen LogP contribution < -0.4 is 11.5 Å². The number of azo groups is 2. The smallest absolute Gasteiger partial charge is 0.343 e. The SMILES string of the molecule is CCCCc1nn(-c2cc(O)nc(-n3nc(CCCC)c(/N=N/c4c(C(=O)OC)cnn4C)c3N)n2)c(N)c1/N=N/c1c(C(=O)OC)cnn1C. The van der Waals surface area contributed by atoms with E-state index in [9.17, 15) is 14.7 Å². The zero-order valence-corrected chi connectivity index (χ0v) is 29.0. The number of aromatic nitrogens is 10. The van der Waals surface area contributed by atoms with Crippen molar-refractivity contribution >= 4 is 46.6 Å². The number of aryl methyl sites for hydroxylation is 4. The summed E-state index contributed by atoms with van der Waals surface area (Å²) in [5, 5.41) is 45.4. The minimum absolute atomic E-state index is 0.0207. The highest BCUT2D eigenvalue weighted by atomic mass is 16.5. The first-order valence-electron chi connectivity index (χ1n) is 15.9. The fourth-order valence-corrected chi connectivity index (χ4v) is 4.93. The van der Waals surface area contributed by atoms with Gasteiger partial charge in [0.1, 0.15) is 11.1 Å². The molecule has 0 unspecified atom stereocenters. The molecule has 0 aliphatic heterocycles. The van der Waals surface area contributed by atoms with Crippen LogP contribution in [0.15, 0.2) is 38.9 Å². The molecule has 268 valence electrons. The fraction of sp³-hybridized carbons (Fsp3) is 0.400. The van der Waals surface area contributed by atoms with Gasteiger partial charge in [-0.1, -0.05) is 26.7 Å². The molecule has 5 aromatic rings. The molecule has 5 aromatic heterocycles. The summed E-state index contributed by atoms with van der Waals surface area (Å²) in [4.78, 5) is 33.2. The molecule has 0 spiro atoms.